The van der Waals surface area contributed by atoms with Crippen LogP contribution in [0.5, 0.6) is 0 Å². The molecule has 5 heteroatoms. The topological polar surface area (TPSA) is 55.7 Å². The normalized spacial score (nSPS) is 10.0. The van der Waals surface area contributed by atoms with Crippen molar-refractivity contribution in [1.29, 1.82) is 0 Å². The number of thiazole rings is 1. The van der Waals surface area contributed by atoms with Gasteiger partial charge in [0.25, 0.3) is 0 Å². The van der Waals surface area contributed by atoms with Gasteiger partial charge in [-0.15, -0.1) is 11.3 Å². The summed E-state index contributed by atoms with van der Waals surface area (Å²) in [7, 11) is 0. The first-order valence-electron chi connectivity index (χ1n) is 4.03. The molecule has 0 spiro atoms. The van der Waals surface area contributed by atoms with Gasteiger partial charge in [-0.1, -0.05) is 0 Å². The van der Waals surface area contributed by atoms with Gasteiger partial charge >= 0.3 is 0 Å². The van der Waals surface area contributed by atoms with Gasteiger partial charge in [0, 0.05) is 23.1 Å². The van der Waals surface area contributed by atoms with Crippen LogP contribution in [-0.4, -0.2) is 21.0 Å². The maximum atomic E-state index is 11.6. The Morgan fingerprint density at radius 1 is 1.36 bits per heavy atom. The molecular formula is C9H7N3OS. The SMILES string of the molecule is O=C(Cc1cncs1)c1ccnnc1. The minimum atomic E-state index is 0.0455. The summed E-state index contributed by atoms with van der Waals surface area (Å²) >= 11 is 1.48. The van der Waals surface area contributed by atoms with Crippen molar-refractivity contribution >= 4 is 17.1 Å². The molecule has 0 saturated carbocycles. The minimum absolute atomic E-state index is 0.0455. The molecular weight excluding hydrogens is 198 g/mol. The Hall–Kier alpha value is -1.62. The summed E-state index contributed by atoms with van der Waals surface area (Å²) in [6, 6.07) is 1.66. The first-order valence-corrected chi connectivity index (χ1v) is 4.91. The highest BCUT2D eigenvalue weighted by Crippen LogP contribution is 2.09. The molecule has 0 atom stereocenters. The van der Waals surface area contributed by atoms with Crippen molar-refractivity contribution in [3.8, 4) is 0 Å². The zero-order valence-electron chi connectivity index (χ0n) is 7.25. The monoisotopic (exact) mass is 205 g/mol. The van der Waals surface area contributed by atoms with Crippen LogP contribution < -0.4 is 0 Å². The van der Waals surface area contributed by atoms with Crippen LogP contribution in [0.4, 0.5) is 0 Å². The van der Waals surface area contributed by atoms with Crippen LogP contribution in [0, 0.1) is 0 Å². The molecule has 0 aromatic carbocycles. The first kappa shape index (κ1) is 8.96. The van der Waals surface area contributed by atoms with Gasteiger partial charge < -0.3 is 0 Å². The van der Waals surface area contributed by atoms with Crippen LogP contribution in [0.1, 0.15) is 15.2 Å². The lowest BCUT2D eigenvalue weighted by atomic mass is 10.1. The molecule has 0 aliphatic rings. The van der Waals surface area contributed by atoms with Gasteiger partial charge in [-0.05, 0) is 6.07 Å². The van der Waals surface area contributed by atoms with E-state index in [2.05, 4.69) is 15.2 Å². The van der Waals surface area contributed by atoms with E-state index < -0.39 is 0 Å². The molecule has 2 aromatic rings. The predicted molar refractivity (Wildman–Crippen MR) is 52.2 cm³/mol. The van der Waals surface area contributed by atoms with Crippen molar-refractivity contribution in [2.24, 2.45) is 0 Å². The molecule has 0 saturated heterocycles. The van der Waals surface area contributed by atoms with Crippen molar-refractivity contribution in [3.63, 3.8) is 0 Å². The fraction of sp³-hybridized carbons (Fsp3) is 0.111. The van der Waals surface area contributed by atoms with E-state index in [9.17, 15) is 4.79 Å². The Balaban J connectivity index is 2.11. The maximum absolute atomic E-state index is 11.6. The van der Waals surface area contributed by atoms with Crippen molar-refractivity contribution < 1.29 is 4.79 Å². The van der Waals surface area contributed by atoms with Crippen molar-refractivity contribution in [1.82, 2.24) is 15.2 Å². The number of carbonyl (C=O) groups excluding carboxylic acids is 1. The molecule has 0 radical (unpaired) electrons. The first-order chi connectivity index (χ1) is 6.86. The van der Waals surface area contributed by atoms with E-state index in [0.717, 1.165) is 4.88 Å². The largest absolute Gasteiger partial charge is 0.294 e. The van der Waals surface area contributed by atoms with Crippen LogP contribution in [0.25, 0.3) is 0 Å². The average molecular weight is 205 g/mol. The smallest absolute Gasteiger partial charge is 0.169 e. The van der Waals surface area contributed by atoms with Gasteiger partial charge in [-0.3, -0.25) is 9.78 Å². The van der Waals surface area contributed by atoms with Crippen LogP contribution in [-0.2, 0) is 6.42 Å². The van der Waals surface area contributed by atoms with Crippen LogP contribution in [0.3, 0.4) is 0 Å². The van der Waals surface area contributed by atoms with Gasteiger partial charge in [0.15, 0.2) is 5.78 Å². The van der Waals surface area contributed by atoms with Gasteiger partial charge in [-0.2, -0.15) is 10.2 Å². The van der Waals surface area contributed by atoms with E-state index in [4.69, 9.17) is 0 Å². The molecule has 0 aliphatic carbocycles. The van der Waals surface area contributed by atoms with Gasteiger partial charge in [0.2, 0.25) is 0 Å². The third-order valence-corrected chi connectivity index (χ3v) is 2.50. The Labute approximate surface area is 84.6 Å². The zero-order chi connectivity index (χ0) is 9.80. The fourth-order valence-corrected chi connectivity index (χ4v) is 1.64. The van der Waals surface area contributed by atoms with Gasteiger partial charge in [0.1, 0.15) is 0 Å². The molecule has 0 fully saturated rings. The van der Waals surface area contributed by atoms with Crippen LogP contribution in [0.2, 0.25) is 0 Å². The van der Waals surface area contributed by atoms with Gasteiger partial charge in [0.05, 0.1) is 17.9 Å². The van der Waals surface area contributed by atoms with Crippen LogP contribution >= 0.6 is 11.3 Å². The fourth-order valence-electron chi connectivity index (χ4n) is 1.05. The number of aromatic nitrogens is 3. The quantitative estimate of drug-likeness (QED) is 0.710. The second-order valence-corrected chi connectivity index (χ2v) is 3.67. The second kappa shape index (κ2) is 4.06. The summed E-state index contributed by atoms with van der Waals surface area (Å²) in [6.45, 7) is 0. The Morgan fingerprint density at radius 2 is 2.29 bits per heavy atom. The van der Waals surface area contributed by atoms with Crippen molar-refractivity contribution in [2.45, 2.75) is 6.42 Å². The van der Waals surface area contributed by atoms with E-state index in [1.807, 2.05) is 0 Å². The highest BCUT2D eigenvalue weighted by molar-refractivity contribution is 7.09. The van der Waals surface area contributed by atoms with E-state index in [1.54, 1.807) is 17.8 Å². The zero-order valence-corrected chi connectivity index (χ0v) is 8.07. The molecule has 70 valence electrons. The number of nitrogens with zero attached hydrogens (tertiary/aromatic N) is 3. The van der Waals surface area contributed by atoms with E-state index >= 15 is 0 Å². The number of Topliss-reactive ketones (excluding diaryl/α,β-unsaturated/α-hetero) is 1. The lowest BCUT2D eigenvalue weighted by molar-refractivity contribution is 0.0993. The van der Waals surface area contributed by atoms with Gasteiger partial charge in [-0.25, -0.2) is 0 Å². The van der Waals surface area contributed by atoms with E-state index in [1.165, 1.54) is 23.7 Å². The molecule has 0 unspecified atom stereocenters. The molecule has 14 heavy (non-hydrogen) atoms. The summed E-state index contributed by atoms with van der Waals surface area (Å²) in [4.78, 5) is 16.5. The number of hydrogen-bond acceptors (Lipinski definition) is 5. The Kier molecular flexibility index (Phi) is 2.60. The molecule has 2 aromatic heterocycles. The third kappa shape index (κ3) is 2.00. The number of hydrogen-bond donors (Lipinski definition) is 0. The summed E-state index contributed by atoms with van der Waals surface area (Å²) in [5.41, 5.74) is 2.31. The average Bonchev–Trinajstić information content (AvgIpc) is 2.72. The summed E-state index contributed by atoms with van der Waals surface area (Å²) in [5, 5.41) is 7.26. The Bertz CT molecular complexity index is 413. The lowest BCUT2D eigenvalue weighted by Gasteiger charge is -1.95. The molecule has 0 amide bonds. The highest BCUT2D eigenvalue weighted by atomic mass is 32.1. The molecule has 0 bridgehead atoms. The molecule has 4 nitrogen and oxygen atoms in total. The third-order valence-electron chi connectivity index (χ3n) is 1.72. The molecule has 0 N–H and O–H groups in total. The number of rotatable bonds is 3. The predicted octanol–water partition coefficient (Wildman–Crippen LogP) is 1.36. The summed E-state index contributed by atoms with van der Waals surface area (Å²) < 4.78 is 0. The summed E-state index contributed by atoms with van der Waals surface area (Å²) in [5.74, 6) is 0.0455. The molecule has 2 heterocycles. The number of ketones is 1. The molecule has 0 aliphatic heterocycles. The second-order valence-electron chi connectivity index (χ2n) is 2.70. The summed E-state index contributed by atoms with van der Waals surface area (Å²) in [6.07, 6.45) is 5.08. The Morgan fingerprint density at radius 3 is 2.93 bits per heavy atom. The van der Waals surface area contributed by atoms with Crippen molar-refractivity contribution in [3.05, 3.63) is 40.6 Å². The number of carbonyl (C=O) groups is 1. The van der Waals surface area contributed by atoms with Crippen LogP contribution in [0.15, 0.2) is 30.2 Å². The van der Waals surface area contributed by atoms with E-state index in [-0.39, 0.29) is 5.78 Å². The van der Waals surface area contributed by atoms with E-state index in [0.29, 0.717) is 12.0 Å². The van der Waals surface area contributed by atoms with Crippen molar-refractivity contribution in [2.75, 3.05) is 0 Å². The highest BCUT2D eigenvalue weighted by Gasteiger charge is 2.07. The molecule has 2 rings (SSSR count). The standard InChI is InChI=1S/C9H7N3OS/c13-9(3-8-5-10-6-14-8)7-1-2-11-12-4-7/h1-2,4-6H,3H2. The minimum Gasteiger partial charge on any atom is -0.294 e. The maximum Gasteiger partial charge on any atom is 0.169 e. The lowest BCUT2D eigenvalue weighted by Crippen LogP contribution is -2.02.